The molecule has 0 aromatic heterocycles. The Morgan fingerprint density at radius 3 is 2.60 bits per heavy atom. The third kappa shape index (κ3) is 2.20. The molecular weight excluding hydrogens is 255 g/mol. The lowest BCUT2D eigenvalue weighted by Gasteiger charge is -2.08. The van der Waals surface area contributed by atoms with Crippen molar-refractivity contribution in [2.45, 2.75) is 12.3 Å². The SMILES string of the molecule is COc1cccc(F)c1C(=O)C1CC1c1ccccc1. The van der Waals surface area contributed by atoms with Crippen LogP contribution in [0, 0.1) is 11.7 Å². The molecule has 102 valence electrons. The fourth-order valence-corrected chi connectivity index (χ4v) is 2.65. The fraction of sp³-hybridized carbons (Fsp3) is 0.235. The first kappa shape index (κ1) is 12.9. The van der Waals surface area contributed by atoms with Crippen molar-refractivity contribution in [2.75, 3.05) is 7.11 Å². The smallest absolute Gasteiger partial charge is 0.173 e. The number of Topliss-reactive ketones (excluding diaryl/α,β-unsaturated/α-hetero) is 1. The van der Waals surface area contributed by atoms with Crippen molar-refractivity contribution in [1.82, 2.24) is 0 Å². The maximum atomic E-state index is 13.9. The van der Waals surface area contributed by atoms with E-state index in [0.29, 0.717) is 5.75 Å². The largest absolute Gasteiger partial charge is 0.496 e. The van der Waals surface area contributed by atoms with E-state index in [0.717, 1.165) is 12.0 Å². The summed E-state index contributed by atoms with van der Waals surface area (Å²) in [7, 11) is 1.45. The minimum Gasteiger partial charge on any atom is -0.496 e. The number of carbonyl (C=O) groups excluding carboxylic acids is 1. The van der Waals surface area contributed by atoms with Gasteiger partial charge in [-0.05, 0) is 30.0 Å². The molecule has 2 atom stereocenters. The molecule has 1 saturated carbocycles. The highest BCUT2D eigenvalue weighted by atomic mass is 19.1. The van der Waals surface area contributed by atoms with Crippen LogP contribution < -0.4 is 4.74 Å². The predicted molar refractivity (Wildman–Crippen MR) is 74.6 cm³/mol. The van der Waals surface area contributed by atoms with E-state index in [1.807, 2.05) is 30.3 Å². The van der Waals surface area contributed by atoms with Crippen molar-refractivity contribution in [3.63, 3.8) is 0 Å². The Morgan fingerprint density at radius 2 is 1.90 bits per heavy atom. The molecule has 3 rings (SSSR count). The molecule has 2 aromatic carbocycles. The van der Waals surface area contributed by atoms with Crippen molar-refractivity contribution >= 4 is 5.78 Å². The normalized spacial score (nSPS) is 20.5. The summed E-state index contributed by atoms with van der Waals surface area (Å²) in [6.45, 7) is 0. The number of rotatable bonds is 4. The molecule has 0 radical (unpaired) electrons. The maximum Gasteiger partial charge on any atom is 0.173 e. The number of hydrogen-bond donors (Lipinski definition) is 0. The van der Waals surface area contributed by atoms with Crippen LogP contribution in [-0.4, -0.2) is 12.9 Å². The quantitative estimate of drug-likeness (QED) is 0.789. The van der Waals surface area contributed by atoms with Gasteiger partial charge in [-0.25, -0.2) is 4.39 Å². The van der Waals surface area contributed by atoms with E-state index in [-0.39, 0.29) is 23.2 Å². The van der Waals surface area contributed by atoms with Gasteiger partial charge in [0.25, 0.3) is 0 Å². The zero-order valence-electron chi connectivity index (χ0n) is 11.2. The molecule has 0 heterocycles. The molecule has 0 spiro atoms. The molecule has 0 bridgehead atoms. The zero-order valence-corrected chi connectivity index (χ0v) is 11.2. The number of halogens is 1. The summed E-state index contributed by atoms with van der Waals surface area (Å²) in [6, 6.07) is 14.4. The van der Waals surface area contributed by atoms with Gasteiger partial charge in [-0.1, -0.05) is 36.4 Å². The first-order valence-corrected chi connectivity index (χ1v) is 6.64. The summed E-state index contributed by atoms with van der Waals surface area (Å²) in [5.74, 6) is -0.285. The van der Waals surface area contributed by atoms with Crippen LogP contribution in [0.2, 0.25) is 0 Å². The molecule has 2 nitrogen and oxygen atoms in total. The van der Waals surface area contributed by atoms with Gasteiger partial charge in [-0.2, -0.15) is 0 Å². The van der Waals surface area contributed by atoms with Crippen LogP contribution in [0.4, 0.5) is 4.39 Å². The van der Waals surface area contributed by atoms with Gasteiger partial charge in [0.2, 0.25) is 0 Å². The molecule has 20 heavy (non-hydrogen) atoms. The molecule has 0 N–H and O–H groups in total. The van der Waals surface area contributed by atoms with Gasteiger partial charge in [0.05, 0.1) is 12.7 Å². The lowest BCUT2D eigenvalue weighted by molar-refractivity contribution is 0.0958. The lowest BCUT2D eigenvalue weighted by atomic mass is 10.0. The highest BCUT2D eigenvalue weighted by Crippen LogP contribution is 2.50. The number of carbonyl (C=O) groups is 1. The number of methoxy groups -OCH3 is 1. The zero-order chi connectivity index (χ0) is 14.1. The maximum absolute atomic E-state index is 13.9. The monoisotopic (exact) mass is 270 g/mol. The molecule has 0 aliphatic heterocycles. The number of hydrogen-bond acceptors (Lipinski definition) is 2. The highest BCUT2D eigenvalue weighted by molar-refractivity contribution is 6.02. The van der Waals surface area contributed by atoms with Gasteiger partial charge in [0.1, 0.15) is 11.6 Å². The summed E-state index contributed by atoms with van der Waals surface area (Å²) in [5, 5.41) is 0. The third-order valence-corrected chi connectivity index (χ3v) is 3.80. The van der Waals surface area contributed by atoms with Crippen molar-refractivity contribution in [3.8, 4) is 5.75 Å². The second-order valence-corrected chi connectivity index (χ2v) is 5.04. The summed E-state index contributed by atoms with van der Waals surface area (Å²) in [4.78, 5) is 12.5. The van der Waals surface area contributed by atoms with Gasteiger partial charge in [-0.3, -0.25) is 4.79 Å². The van der Waals surface area contributed by atoms with Crippen molar-refractivity contribution in [1.29, 1.82) is 0 Å². The Bertz CT molecular complexity index is 637. The fourth-order valence-electron chi connectivity index (χ4n) is 2.65. The second-order valence-electron chi connectivity index (χ2n) is 5.04. The van der Waals surface area contributed by atoms with E-state index < -0.39 is 5.82 Å². The van der Waals surface area contributed by atoms with E-state index in [4.69, 9.17) is 4.74 Å². The Morgan fingerprint density at radius 1 is 1.15 bits per heavy atom. The van der Waals surface area contributed by atoms with Crippen LogP contribution in [-0.2, 0) is 0 Å². The van der Waals surface area contributed by atoms with Crippen molar-refractivity contribution < 1.29 is 13.9 Å². The number of ketones is 1. The van der Waals surface area contributed by atoms with E-state index in [1.165, 1.54) is 13.2 Å². The van der Waals surface area contributed by atoms with Crippen LogP contribution in [0.15, 0.2) is 48.5 Å². The molecule has 1 fully saturated rings. The third-order valence-electron chi connectivity index (χ3n) is 3.80. The average Bonchev–Trinajstić information content (AvgIpc) is 3.27. The van der Waals surface area contributed by atoms with Gasteiger partial charge in [0, 0.05) is 5.92 Å². The van der Waals surface area contributed by atoms with Gasteiger partial charge in [0.15, 0.2) is 5.78 Å². The van der Waals surface area contributed by atoms with Crippen LogP contribution in [0.25, 0.3) is 0 Å². The molecule has 2 aromatic rings. The van der Waals surface area contributed by atoms with Crippen LogP contribution >= 0.6 is 0 Å². The minimum absolute atomic E-state index is 0.0819. The Kier molecular flexibility index (Phi) is 3.26. The highest BCUT2D eigenvalue weighted by Gasteiger charge is 2.45. The molecule has 1 aliphatic carbocycles. The van der Waals surface area contributed by atoms with Crippen LogP contribution in [0.3, 0.4) is 0 Å². The predicted octanol–water partition coefficient (Wildman–Crippen LogP) is 3.82. The van der Waals surface area contributed by atoms with E-state index in [9.17, 15) is 9.18 Å². The Labute approximate surface area is 117 Å². The summed E-state index contributed by atoms with van der Waals surface area (Å²) >= 11 is 0. The average molecular weight is 270 g/mol. The van der Waals surface area contributed by atoms with Gasteiger partial charge in [-0.15, -0.1) is 0 Å². The molecule has 0 amide bonds. The molecule has 2 unspecified atom stereocenters. The summed E-state index contributed by atoms with van der Waals surface area (Å²) in [6.07, 6.45) is 0.778. The standard InChI is InChI=1S/C17H15FO2/c1-20-15-9-5-8-14(18)16(15)17(19)13-10-12(13)11-6-3-2-4-7-11/h2-9,12-13H,10H2,1H3. The van der Waals surface area contributed by atoms with Crippen molar-refractivity contribution in [3.05, 3.63) is 65.5 Å². The number of benzene rings is 2. The van der Waals surface area contributed by atoms with Gasteiger partial charge < -0.3 is 4.74 Å². The van der Waals surface area contributed by atoms with Crippen LogP contribution in [0.1, 0.15) is 28.3 Å². The minimum atomic E-state index is -0.506. The number of ether oxygens (including phenoxy) is 1. The first-order valence-electron chi connectivity index (χ1n) is 6.64. The first-order chi connectivity index (χ1) is 9.72. The van der Waals surface area contributed by atoms with Gasteiger partial charge >= 0.3 is 0 Å². The Hall–Kier alpha value is -2.16. The lowest BCUT2D eigenvalue weighted by Crippen LogP contribution is -2.08. The molecule has 0 saturated heterocycles. The van der Waals surface area contributed by atoms with E-state index in [1.54, 1.807) is 12.1 Å². The van der Waals surface area contributed by atoms with E-state index >= 15 is 0 Å². The molecular formula is C17H15FO2. The summed E-state index contributed by atoms with van der Waals surface area (Å²) < 4.78 is 19.0. The van der Waals surface area contributed by atoms with Crippen LogP contribution in [0.5, 0.6) is 5.75 Å². The molecule has 3 heteroatoms. The van der Waals surface area contributed by atoms with Crippen molar-refractivity contribution in [2.24, 2.45) is 5.92 Å². The summed E-state index contributed by atoms with van der Waals surface area (Å²) in [5.41, 5.74) is 1.22. The van der Waals surface area contributed by atoms with E-state index in [2.05, 4.69) is 0 Å². The Balaban J connectivity index is 1.86. The molecule has 1 aliphatic rings. The topological polar surface area (TPSA) is 26.3 Å². The second kappa shape index (κ2) is 5.08.